The van der Waals surface area contributed by atoms with Gasteiger partial charge in [-0.2, -0.15) is 5.10 Å². The van der Waals surface area contributed by atoms with E-state index in [-0.39, 0.29) is 5.91 Å². The van der Waals surface area contributed by atoms with Gasteiger partial charge in [0, 0.05) is 47.4 Å². The summed E-state index contributed by atoms with van der Waals surface area (Å²) in [7, 11) is 0. The Labute approximate surface area is 264 Å². The molecule has 3 aromatic rings. The van der Waals surface area contributed by atoms with Crippen molar-refractivity contribution < 1.29 is 4.79 Å². The van der Waals surface area contributed by atoms with E-state index in [1.165, 1.54) is 51.4 Å². The molecule has 2 heterocycles. The van der Waals surface area contributed by atoms with E-state index < -0.39 is 0 Å². The quantitative estimate of drug-likeness (QED) is 0.264. The maximum Gasteiger partial charge on any atom is 0.274 e. The Morgan fingerprint density at radius 3 is 2.12 bits per heavy atom. The minimum absolute atomic E-state index is 0.0280. The van der Waals surface area contributed by atoms with Gasteiger partial charge in [0.15, 0.2) is 5.69 Å². The second kappa shape index (κ2) is 11.5. The van der Waals surface area contributed by atoms with Crippen LogP contribution in [-0.4, -0.2) is 58.2 Å². The summed E-state index contributed by atoms with van der Waals surface area (Å²) in [6, 6.07) is 12.9. The zero-order chi connectivity index (χ0) is 29.0. The van der Waals surface area contributed by atoms with Crippen LogP contribution >= 0.6 is 34.8 Å². The van der Waals surface area contributed by atoms with Gasteiger partial charge in [-0.1, -0.05) is 46.9 Å². The number of carbonyl (C=O) groups is 1. The van der Waals surface area contributed by atoms with Crippen molar-refractivity contribution in [3.63, 3.8) is 0 Å². The van der Waals surface area contributed by atoms with Gasteiger partial charge in [-0.25, -0.2) is 4.68 Å². The summed E-state index contributed by atoms with van der Waals surface area (Å²) in [6.07, 6.45) is 11.7. The van der Waals surface area contributed by atoms with Crippen LogP contribution in [0.5, 0.6) is 0 Å². The molecule has 4 bridgehead atoms. The number of piperazine rings is 1. The van der Waals surface area contributed by atoms with Crippen LogP contribution in [0.1, 0.15) is 67.4 Å². The first-order valence-corrected chi connectivity index (χ1v) is 16.7. The Morgan fingerprint density at radius 2 is 1.50 bits per heavy atom. The van der Waals surface area contributed by atoms with Crippen molar-refractivity contribution in [1.29, 1.82) is 0 Å². The van der Waals surface area contributed by atoms with E-state index in [0.717, 1.165) is 67.3 Å². The molecule has 0 N–H and O–H groups in total. The third kappa shape index (κ3) is 5.51. The number of hydrogen-bond donors (Lipinski definition) is 0. The molecule has 0 radical (unpaired) electrons. The van der Waals surface area contributed by atoms with E-state index in [4.69, 9.17) is 39.9 Å². The molecule has 8 heteroatoms. The lowest BCUT2D eigenvalue weighted by Gasteiger charge is -2.57. The molecule has 0 atom stereocenters. The smallest absolute Gasteiger partial charge is 0.274 e. The molecule has 4 saturated carbocycles. The van der Waals surface area contributed by atoms with Crippen molar-refractivity contribution in [3.05, 3.63) is 68.8 Å². The van der Waals surface area contributed by atoms with E-state index >= 15 is 0 Å². The summed E-state index contributed by atoms with van der Waals surface area (Å²) in [6.45, 7) is 6.39. The Kier molecular flexibility index (Phi) is 7.84. The van der Waals surface area contributed by atoms with Crippen LogP contribution in [0.15, 0.2) is 42.5 Å². The molecule has 1 amide bonds. The SMILES string of the molecule is Cc1c(C(=O)N2CCN(CCCC34CC5CC(CC(C5)C3)C4)CC2)nn(-c2ccc(Cl)cc2Cl)c1-c1ccc(Cl)cc1. The average molecular weight is 626 g/mol. The molecule has 8 rings (SSSR count). The highest BCUT2D eigenvalue weighted by molar-refractivity contribution is 6.35. The molecule has 1 aliphatic heterocycles. The standard InChI is InChI=1S/C34H39Cl3N4O/c1-22-31(38-41(30-8-7-28(36)18-29(30)37)32(22)26-3-5-27(35)6-4-26)33(42)40-13-11-39(12-14-40)10-2-9-34-19-23-15-24(20-34)17-25(16-23)21-34/h3-8,18,23-25H,2,9-17,19-21H2,1H3. The monoisotopic (exact) mass is 624 g/mol. The van der Waals surface area contributed by atoms with Gasteiger partial charge in [-0.3, -0.25) is 9.69 Å². The molecule has 5 aliphatic rings. The van der Waals surface area contributed by atoms with Crippen LogP contribution in [0.25, 0.3) is 16.9 Å². The van der Waals surface area contributed by atoms with Crippen LogP contribution in [0, 0.1) is 30.1 Å². The maximum absolute atomic E-state index is 13.9. The summed E-state index contributed by atoms with van der Waals surface area (Å²) in [5.74, 6) is 3.04. The van der Waals surface area contributed by atoms with Gasteiger partial charge in [0.1, 0.15) is 0 Å². The van der Waals surface area contributed by atoms with E-state index in [1.54, 1.807) is 16.8 Å². The van der Waals surface area contributed by atoms with Crippen LogP contribution in [0.3, 0.4) is 0 Å². The number of hydrogen-bond acceptors (Lipinski definition) is 3. The Hall–Kier alpha value is -2.05. The van der Waals surface area contributed by atoms with E-state index in [1.807, 2.05) is 42.2 Å². The predicted molar refractivity (Wildman–Crippen MR) is 171 cm³/mol. The van der Waals surface area contributed by atoms with Gasteiger partial charge in [-0.05, 0) is 118 Å². The number of carbonyl (C=O) groups excluding carboxylic acids is 1. The fourth-order valence-electron chi connectivity index (χ4n) is 9.07. The van der Waals surface area contributed by atoms with Crippen molar-refractivity contribution >= 4 is 40.7 Å². The van der Waals surface area contributed by atoms with Crippen molar-refractivity contribution in [2.75, 3.05) is 32.7 Å². The first kappa shape index (κ1) is 28.7. The lowest BCUT2D eigenvalue weighted by Crippen LogP contribution is -2.49. The maximum atomic E-state index is 13.9. The summed E-state index contributed by atoms with van der Waals surface area (Å²) >= 11 is 19.0. The molecule has 1 aromatic heterocycles. The first-order chi connectivity index (χ1) is 20.3. The molecule has 42 heavy (non-hydrogen) atoms. The Morgan fingerprint density at radius 1 is 0.881 bits per heavy atom. The number of halogens is 3. The average Bonchev–Trinajstić information content (AvgIpc) is 3.29. The van der Waals surface area contributed by atoms with E-state index in [9.17, 15) is 4.79 Å². The number of nitrogens with zero attached hydrogens (tertiary/aromatic N) is 4. The van der Waals surface area contributed by atoms with Crippen LogP contribution in [-0.2, 0) is 0 Å². The van der Waals surface area contributed by atoms with Crippen LogP contribution in [0.2, 0.25) is 15.1 Å². The molecule has 0 unspecified atom stereocenters. The van der Waals surface area contributed by atoms with E-state index in [2.05, 4.69) is 4.90 Å². The fraction of sp³-hybridized carbons (Fsp3) is 0.529. The summed E-state index contributed by atoms with van der Waals surface area (Å²) < 4.78 is 1.77. The zero-order valence-corrected chi connectivity index (χ0v) is 26.6. The van der Waals surface area contributed by atoms with Gasteiger partial charge >= 0.3 is 0 Å². The van der Waals surface area contributed by atoms with E-state index in [0.29, 0.717) is 31.9 Å². The molecule has 5 fully saturated rings. The van der Waals surface area contributed by atoms with Gasteiger partial charge in [0.2, 0.25) is 0 Å². The third-order valence-electron chi connectivity index (χ3n) is 10.6. The highest BCUT2D eigenvalue weighted by Gasteiger charge is 2.50. The topological polar surface area (TPSA) is 41.4 Å². The Balaban J connectivity index is 1.03. The zero-order valence-electron chi connectivity index (χ0n) is 24.3. The van der Waals surface area contributed by atoms with Crippen LogP contribution < -0.4 is 0 Å². The number of amides is 1. The lowest BCUT2D eigenvalue weighted by molar-refractivity contribution is -0.0592. The van der Waals surface area contributed by atoms with Crippen molar-refractivity contribution in [1.82, 2.24) is 19.6 Å². The largest absolute Gasteiger partial charge is 0.335 e. The van der Waals surface area contributed by atoms with Gasteiger partial charge in [0.05, 0.1) is 16.4 Å². The molecule has 1 saturated heterocycles. The van der Waals surface area contributed by atoms with Crippen molar-refractivity contribution in [2.45, 2.75) is 58.3 Å². The van der Waals surface area contributed by atoms with Gasteiger partial charge < -0.3 is 4.90 Å². The number of benzene rings is 2. The molecule has 5 nitrogen and oxygen atoms in total. The van der Waals surface area contributed by atoms with Gasteiger partial charge in [0.25, 0.3) is 5.91 Å². The molecular formula is C34H39Cl3N4O. The molecule has 0 spiro atoms. The Bertz CT molecular complexity index is 1440. The predicted octanol–water partition coefficient (Wildman–Crippen LogP) is 8.56. The second-order valence-corrected chi connectivity index (χ2v) is 14.8. The molecule has 4 aliphatic carbocycles. The summed E-state index contributed by atoms with van der Waals surface area (Å²) in [4.78, 5) is 18.4. The fourth-order valence-corrected chi connectivity index (χ4v) is 9.69. The molecule has 222 valence electrons. The minimum Gasteiger partial charge on any atom is -0.335 e. The van der Waals surface area contributed by atoms with Crippen LogP contribution in [0.4, 0.5) is 0 Å². The molecular weight excluding hydrogens is 587 g/mol. The van der Waals surface area contributed by atoms with Crippen molar-refractivity contribution in [2.24, 2.45) is 23.2 Å². The second-order valence-electron chi connectivity index (χ2n) is 13.5. The minimum atomic E-state index is -0.0280. The first-order valence-electron chi connectivity index (χ1n) is 15.6. The normalized spacial score (nSPS) is 27.1. The number of rotatable bonds is 7. The lowest BCUT2D eigenvalue weighted by atomic mass is 9.48. The summed E-state index contributed by atoms with van der Waals surface area (Å²) in [5.41, 5.74) is 4.35. The third-order valence-corrected chi connectivity index (χ3v) is 11.4. The van der Waals surface area contributed by atoms with Crippen molar-refractivity contribution in [3.8, 4) is 16.9 Å². The summed E-state index contributed by atoms with van der Waals surface area (Å²) in [5, 5.41) is 6.53. The molecule has 2 aromatic carbocycles. The highest BCUT2D eigenvalue weighted by Crippen LogP contribution is 2.61. The van der Waals surface area contributed by atoms with Gasteiger partial charge in [-0.15, -0.1) is 0 Å². The number of aromatic nitrogens is 2. The highest BCUT2D eigenvalue weighted by atomic mass is 35.5.